The summed E-state index contributed by atoms with van der Waals surface area (Å²) >= 11 is 0. The van der Waals surface area contributed by atoms with Crippen molar-refractivity contribution in [1.29, 1.82) is 0 Å². The summed E-state index contributed by atoms with van der Waals surface area (Å²) in [5.74, 6) is 2.04. The van der Waals surface area contributed by atoms with Crippen molar-refractivity contribution in [2.24, 2.45) is 5.92 Å². The summed E-state index contributed by atoms with van der Waals surface area (Å²) in [4.78, 5) is 20.4. The highest BCUT2D eigenvalue weighted by Crippen LogP contribution is 2.17. The molecule has 1 aromatic rings. The third kappa shape index (κ3) is 3.30. The number of hydrogen-bond donors (Lipinski definition) is 1. The van der Waals surface area contributed by atoms with Crippen LogP contribution in [0, 0.1) is 12.8 Å². The van der Waals surface area contributed by atoms with Crippen LogP contribution in [-0.4, -0.2) is 36.8 Å². The number of aromatic amines is 1. The van der Waals surface area contributed by atoms with E-state index in [1.807, 2.05) is 7.05 Å². The molecule has 1 aliphatic rings. The van der Waals surface area contributed by atoms with Gasteiger partial charge in [0.2, 0.25) is 0 Å². The highest BCUT2D eigenvalue weighted by atomic mass is 16.5. The molecule has 0 amide bonds. The van der Waals surface area contributed by atoms with Crippen molar-refractivity contribution < 1.29 is 4.74 Å². The first-order valence-corrected chi connectivity index (χ1v) is 6.02. The molecule has 0 aromatic carbocycles. The predicted octanol–water partition coefficient (Wildman–Crippen LogP) is 0.941. The first-order valence-electron chi connectivity index (χ1n) is 6.02. The van der Waals surface area contributed by atoms with Crippen molar-refractivity contribution in [3.8, 4) is 0 Å². The molecule has 0 spiro atoms. The van der Waals surface area contributed by atoms with E-state index in [-0.39, 0.29) is 5.56 Å². The van der Waals surface area contributed by atoms with Gasteiger partial charge in [-0.3, -0.25) is 4.79 Å². The lowest BCUT2D eigenvalue weighted by Crippen LogP contribution is -2.31. The zero-order valence-electron chi connectivity index (χ0n) is 10.4. The Bertz CT molecular complexity index is 424. The summed E-state index contributed by atoms with van der Waals surface area (Å²) in [5, 5.41) is 0. The van der Waals surface area contributed by atoms with E-state index in [1.54, 1.807) is 13.0 Å². The maximum atomic E-state index is 11.4. The minimum Gasteiger partial charge on any atom is -0.381 e. The Morgan fingerprint density at radius 3 is 2.88 bits per heavy atom. The molecule has 0 saturated carbocycles. The lowest BCUT2D eigenvalue weighted by Gasteiger charge is -2.27. The number of aromatic nitrogens is 2. The number of anilines is 1. The smallest absolute Gasteiger partial charge is 0.252 e. The van der Waals surface area contributed by atoms with Crippen molar-refractivity contribution in [1.82, 2.24) is 9.97 Å². The Hall–Kier alpha value is -1.36. The third-order valence-corrected chi connectivity index (χ3v) is 3.11. The van der Waals surface area contributed by atoms with Gasteiger partial charge in [-0.2, -0.15) is 0 Å². The van der Waals surface area contributed by atoms with E-state index in [9.17, 15) is 4.79 Å². The molecule has 1 N–H and O–H groups in total. The molecule has 0 aliphatic carbocycles. The first-order chi connectivity index (χ1) is 8.15. The second-order valence-corrected chi connectivity index (χ2v) is 4.63. The van der Waals surface area contributed by atoms with E-state index in [0.717, 1.165) is 38.4 Å². The van der Waals surface area contributed by atoms with Gasteiger partial charge in [0.15, 0.2) is 0 Å². The van der Waals surface area contributed by atoms with Gasteiger partial charge in [-0.1, -0.05) is 0 Å². The van der Waals surface area contributed by atoms with Crippen LogP contribution in [0.4, 0.5) is 5.82 Å². The predicted molar refractivity (Wildman–Crippen MR) is 66.4 cm³/mol. The minimum absolute atomic E-state index is 0.0914. The number of aryl methyl sites for hydroxylation is 1. The van der Waals surface area contributed by atoms with Crippen molar-refractivity contribution in [2.75, 3.05) is 31.7 Å². The molecule has 0 radical (unpaired) electrons. The van der Waals surface area contributed by atoms with Gasteiger partial charge in [-0.25, -0.2) is 4.98 Å². The SMILES string of the molecule is Cc1nc(N(C)CC2CCOCC2)cc(=O)[nH]1. The Labute approximate surface area is 101 Å². The molecule has 2 rings (SSSR count). The van der Waals surface area contributed by atoms with Gasteiger partial charge in [0.1, 0.15) is 11.6 Å². The molecule has 2 heterocycles. The standard InChI is InChI=1S/C12H19N3O2/c1-9-13-11(7-12(16)14-9)15(2)8-10-3-5-17-6-4-10/h7,10H,3-6,8H2,1-2H3,(H,13,14,16). The fourth-order valence-corrected chi connectivity index (χ4v) is 2.17. The molecule has 5 heteroatoms. The average Bonchev–Trinajstić information content (AvgIpc) is 2.29. The number of hydrogen-bond acceptors (Lipinski definition) is 4. The van der Waals surface area contributed by atoms with Crippen LogP contribution in [0.2, 0.25) is 0 Å². The minimum atomic E-state index is -0.0914. The van der Waals surface area contributed by atoms with Crippen LogP contribution in [0.1, 0.15) is 18.7 Å². The number of H-pyrrole nitrogens is 1. The molecular formula is C12H19N3O2. The largest absolute Gasteiger partial charge is 0.381 e. The fraction of sp³-hybridized carbons (Fsp3) is 0.667. The fourth-order valence-electron chi connectivity index (χ4n) is 2.17. The monoisotopic (exact) mass is 237 g/mol. The first kappa shape index (κ1) is 12.1. The van der Waals surface area contributed by atoms with Crippen molar-refractivity contribution in [3.05, 3.63) is 22.2 Å². The van der Waals surface area contributed by atoms with Gasteiger partial charge < -0.3 is 14.6 Å². The number of ether oxygens (including phenoxy) is 1. The highest BCUT2D eigenvalue weighted by molar-refractivity contribution is 5.36. The molecule has 17 heavy (non-hydrogen) atoms. The molecule has 0 atom stereocenters. The van der Waals surface area contributed by atoms with Gasteiger partial charge in [0, 0.05) is 32.9 Å². The highest BCUT2D eigenvalue weighted by Gasteiger charge is 2.16. The summed E-state index contributed by atoms with van der Waals surface area (Å²) in [7, 11) is 1.98. The third-order valence-electron chi connectivity index (χ3n) is 3.11. The second-order valence-electron chi connectivity index (χ2n) is 4.63. The maximum absolute atomic E-state index is 11.4. The summed E-state index contributed by atoms with van der Waals surface area (Å²) in [6, 6.07) is 1.55. The van der Waals surface area contributed by atoms with E-state index in [1.165, 1.54) is 0 Å². The van der Waals surface area contributed by atoms with Gasteiger partial charge in [-0.05, 0) is 25.7 Å². The van der Waals surface area contributed by atoms with E-state index in [4.69, 9.17) is 4.74 Å². The van der Waals surface area contributed by atoms with Crippen LogP contribution < -0.4 is 10.5 Å². The van der Waals surface area contributed by atoms with Crippen LogP contribution in [0.15, 0.2) is 10.9 Å². The van der Waals surface area contributed by atoms with E-state index < -0.39 is 0 Å². The molecule has 1 aliphatic heterocycles. The van der Waals surface area contributed by atoms with Crippen LogP contribution >= 0.6 is 0 Å². The quantitative estimate of drug-likeness (QED) is 0.850. The average molecular weight is 237 g/mol. The molecule has 1 fully saturated rings. The Morgan fingerprint density at radius 2 is 2.24 bits per heavy atom. The Kier molecular flexibility index (Phi) is 3.78. The molecule has 1 saturated heterocycles. The second kappa shape index (κ2) is 5.31. The van der Waals surface area contributed by atoms with E-state index >= 15 is 0 Å². The Balaban J connectivity index is 2.03. The van der Waals surface area contributed by atoms with Gasteiger partial charge >= 0.3 is 0 Å². The van der Waals surface area contributed by atoms with Gasteiger partial charge in [0.05, 0.1) is 0 Å². The summed E-state index contributed by atoms with van der Waals surface area (Å²) in [5.41, 5.74) is -0.0914. The van der Waals surface area contributed by atoms with Crippen LogP contribution in [-0.2, 0) is 4.74 Å². The zero-order valence-corrected chi connectivity index (χ0v) is 10.4. The molecule has 1 aromatic heterocycles. The number of rotatable bonds is 3. The lowest BCUT2D eigenvalue weighted by molar-refractivity contribution is 0.0685. The number of nitrogens with zero attached hydrogens (tertiary/aromatic N) is 2. The topological polar surface area (TPSA) is 58.2 Å². The van der Waals surface area contributed by atoms with E-state index in [0.29, 0.717) is 11.7 Å². The van der Waals surface area contributed by atoms with E-state index in [2.05, 4.69) is 14.9 Å². The van der Waals surface area contributed by atoms with Crippen molar-refractivity contribution in [3.63, 3.8) is 0 Å². The molecule has 0 unspecified atom stereocenters. The van der Waals surface area contributed by atoms with Gasteiger partial charge in [-0.15, -0.1) is 0 Å². The Morgan fingerprint density at radius 1 is 1.53 bits per heavy atom. The molecule has 94 valence electrons. The summed E-state index contributed by atoms with van der Waals surface area (Å²) < 4.78 is 5.34. The van der Waals surface area contributed by atoms with Gasteiger partial charge in [0.25, 0.3) is 5.56 Å². The molecule has 5 nitrogen and oxygen atoms in total. The van der Waals surface area contributed by atoms with Crippen molar-refractivity contribution in [2.45, 2.75) is 19.8 Å². The zero-order chi connectivity index (χ0) is 12.3. The summed E-state index contributed by atoms with van der Waals surface area (Å²) in [6.07, 6.45) is 2.18. The summed E-state index contributed by atoms with van der Waals surface area (Å²) in [6.45, 7) is 4.42. The molecule has 0 bridgehead atoms. The number of nitrogens with one attached hydrogen (secondary N) is 1. The lowest BCUT2D eigenvalue weighted by atomic mass is 10.00. The normalized spacial score (nSPS) is 17.1. The van der Waals surface area contributed by atoms with Crippen LogP contribution in [0.5, 0.6) is 0 Å². The van der Waals surface area contributed by atoms with Crippen LogP contribution in [0.3, 0.4) is 0 Å². The van der Waals surface area contributed by atoms with Crippen molar-refractivity contribution >= 4 is 5.82 Å². The molecular weight excluding hydrogens is 218 g/mol. The van der Waals surface area contributed by atoms with Crippen LogP contribution in [0.25, 0.3) is 0 Å². The maximum Gasteiger partial charge on any atom is 0.252 e.